The van der Waals surface area contributed by atoms with Gasteiger partial charge in [0.1, 0.15) is 0 Å². The van der Waals surface area contributed by atoms with Gasteiger partial charge in [-0.15, -0.1) is 0 Å². The van der Waals surface area contributed by atoms with Crippen LogP contribution in [0.5, 0.6) is 0 Å². The number of carbonyl (C=O) groups is 1. The van der Waals surface area contributed by atoms with Gasteiger partial charge in [-0.3, -0.25) is 4.79 Å². The minimum Gasteiger partial charge on any atom is -0.375 e. The van der Waals surface area contributed by atoms with Crippen molar-refractivity contribution in [1.82, 2.24) is 0 Å². The van der Waals surface area contributed by atoms with Gasteiger partial charge in [0.25, 0.3) is 0 Å². The summed E-state index contributed by atoms with van der Waals surface area (Å²) in [5.41, 5.74) is 13.4. The van der Waals surface area contributed by atoms with Crippen molar-refractivity contribution in [3.05, 3.63) is 34.9 Å². The lowest BCUT2D eigenvalue weighted by Gasteiger charge is -2.24. The SMILES string of the molecule is NC(=O)c1cccc2c1C(N)COC2. The number of amides is 1. The molecule has 0 radical (unpaired) electrons. The molecule has 1 aromatic carbocycles. The van der Waals surface area contributed by atoms with Crippen molar-refractivity contribution in [2.24, 2.45) is 11.5 Å². The molecule has 1 atom stereocenters. The summed E-state index contributed by atoms with van der Waals surface area (Å²) in [5, 5.41) is 0. The van der Waals surface area contributed by atoms with Gasteiger partial charge in [0.05, 0.1) is 19.3 Å². The Bertz CT molecular complexity index is 376. The zero-order valence-corrected chi connectivity index (χ0v) is 7.69. The lowest BCUT2D eigenvalue weighted by atomic mass is 9.94. The second-order valence-electron chi connectivity index (χ2n) is 3.36. The Morgan fingerprint density at radius 1 is 1.50 bits per heavy atom. The molecule has 0 saturated heterocycles. The normalized spacial score (nSPS) is 20.2. The van der Waals surface area contributed by atoms with E-state index >= 15 is 0 Å². The Kier molecular flexibility index (Phi) is 2.23. The van der Waals surface area contributed by atoms with Gasteiger partial charge < -0.3 is 16.2 Å². The van der Waals surface area contributed by atoms with Gasteiger partial charge in [0, 0.05) is 5.56 Å². The molecule has 2 rings (SSSR count). The van der Waals surface area contributed by atoms with Crippen LogP contribution < -0.4 is 11.5 Å². The predicted octanol–water partition coefficient (Wildman–Crippen LogP) is 0.316. The van der Waals surface area contributed by atoms with E-state index in [1.54, 1.807) is 12.1 Å². The van der Waals surface area contributed by atoms with Crippen LogP contribution in [0.4, 0.5) is 0 Å². The number of fused-ring (bicyclic) bond motifs is 1. The Hall–Kier alpha value is -1.39. The summed E-state index contributed by atoms with van der Waals surface area (Å²) >= 11 is 0. The largest absolute Gasteiger partial charge is 0.375 e. The number of ether oxygens (including phenoxy) is 1. The smallest absolute Gasteiger partial charge is 0.249 e. The molecule has 0 bridgehead atoms. The molecule has 4 N–H and O–H groups in total. The van der Waals surface area contributed by atoms with Crippen LogP contribution in [0.25, 0.3) is 0 Å². The monoisotopic (exact) mass is 192 g/mol. The fraction of sp³-hybridized carbons (Fsp3) is 0.300. The molecule has 0 fully saturated rings. The van der Waals surface area contributed by atoms with Crippen molar-refractivity contribution in [2.75, 3.05) is 6.61 Å². The summed E-state index contributed by atoms with van der Waals surface area (Å²) < 4.78 is 5.27. The Labute approximate surface area is 81.8 Å². The third-order valence-electron chi connectivity index (χ3n) is 2.39. The van der Waals surface area contributed by atoms with E-state index in [-0.39, 0.29) is 6.04 Å². The van der Waals surface area contributed by atoms with Crippen molar-refractivity contribution in [2.45, 2.75) is 12.6 Å². The van der Waals surface area contributed by atoms with Crippen LogP contribution in [-0.2, 0) is 11.3 Å². The van der Waals surface area contributed by atoms with E-state index in [2.05, 4.69) is 0 Å². The number of rotatable bonds is 1. The number of hydrogen-bond donors (Lipinski definition) is 2. The molecular formula is C10H12N2O2. The number of hydrogen-bond acceptors (Lipinski definition) is 3. The second-order valence-corrected chi connectivity index (χ2v) is 3.36. The third kappa shape index (κ3) is 1.38. The lowest BCUT2D eigenvalue weighted by Crippen LogP contribution is -2.27. The topological polar surface area (TPSA) is 78.3 Å². The van der Waals surface area contributed by atoms with Crippen molar-refractivity contribution in [3.8, 4) is 0 Å². The molecular weight excluding hydrogens is 180 g/mol. The first-order valence-corrected chi connectivity index (χ1v) is 4.45. The molecule has 0 aliphatic carbocycles. The molecule has 1 heterocycles. The van der Waals surface area contributed by atoms with Crippen molar-refractivity contribution >= 4 is 5.91 Å². The van der Waals surface area contributed by atoms with Crippen LogP contribution in [0.1, 0.15) is 27.5 Å². The molecule has 4 heteroatoms. The van der Waals surface area contributed by atoms with E-state index in [4.69, 9.17) is 16.2 Å². The fourth-order valence-corrected chi connectivity index (χ4v) is 1.77. The lowest BCUT2D eigenvalue weighted by molar-refractivity contribution is 0.0900. The van der Waals surface area contributed by atoms with E-state index in [0.717, 1.165) is 11.1 Å². The molecule has 1 aliphatic heterocycles. The van der Waals surface area contributed by atoms with E-state index in [0.29, 0.717) is 18.8 Å². The number of benzene rings is 1. The van der Waals surface area contributed by atoms with Crippen LogP contribution in [0.15, 0.2) is 18.2 Å². The molecule has 1 aliphatic rings. The maximum Gasteiger partial charge on any atom is 0.249 e. The average molecular weight is 192 g/mol. The Balaban J connectivity index is 2.57. The molecule has 0 saturated carbocycles. The highest BCUT2D eigenvalue weighted by Crippen LogP contribution is 2.26. The Morgan fingerprint density at radius 2 is 2.29 bits per heavy atom. The standard InChI is InChI=1S/C10H12N2O2/c11-8-5-14-4-6-2-1-3-7(9(6)8)10(12)13/h1-3,8H,4-5,11H2,(H2,12,13). The molecule has 0 spiro atoms. The molecule has 4 nitrogen and oxygen atoms in total. The highest BCUT2D eigenvalue weighted by atomic mass is 16.5. The number of nitrogens with two attached hydrogens (primary N) is 2. The van der Waals surface area contributed by atoms with E-state index < -0.39 is 5.91 Å². The highest BCUT2D eigenvalue weighted by Gasteiger charge is 2.22. The van der Waals surface area contributed by atoms with Gasteiger partial charge >= 0.3 is 0 Å². The predicted molar refractivity (Wildman–Crippen MR) is 51.5 cm³/mol. The Morgan fingerprint density at radius 3 is 3.00 bits per heavy atom. The molecule has 14 heavy (non-hydrogen) atoms. The van der Waals surface area contributed by atoms with Crippen LogP contribution in [-0.4, -0.2) is 12.5 Å². The fourth-order valence-electron chi connectivity index (χ4n) is 1.77. The van der Waals surface area contributed by atoms with Gasteiger partial charge in [-0.05, 0) is 17.2 Å². The van der Waals surface area contributed by atoms with E-state index in [9.17, 15) is 4.79 Å². The summed E-state index contributed by atoms with van der Waals surface area (Å²) in [6, 6.07) is 5.15. The maximum atomic E-state index is 11.1. The minimum atomic E-state index is -0.431. The zero-order chi connectivity index (χ0) is 10.1. The average Bonchev–Trinajstić information content (AvgIpc) is 2.17. The molecule has 74 valence electrons. The second kappa shape index (κ2) is 3.40. The van der Waals surface area contributed by atoms with Crippen LogP contribution in [0, 0.1) is 0 Å². The van der Waals surface area contributed by atoms with Crippen LogP contribution in [0.3, 0.4) is 0 Å². The van der Waals surface area contributed by atoms with Crippen molar-refractivity contribution in [3.63, 3.8) is 0 Å². The van der Waals surface area contributed by atoms with Crippen molar-refractivity contribution < 1.29 is 9.53 Å². The van der Waals surface area contributed by atoms with Crippen LogP contribution in [0.2, 0.25) is 0 Å². The van der Waals surface area contributed by atoms with E-state index in [1.165, 1.54) is 0 Å². The molecule has 1 amide bonds. The summed E-state index contributed by atoms with van der Waals surface area (Å²) in [7, 11) is 0. The minimum absolute atomic E-state index is 0.248. The van der Waals surface area contributed by atoms with E-state index in [1.807, 2.05) is 6.07 Å². The summed E-state index contributed by atoms with van der Waals surface area (Å²) in [6.45, 7) is 0.946. The van der Waals surface area contributed by atoms with Crippen LogP contribution >= 0.6 is 0 Å². The first kappa shape index (κ1) is 9.18. The first-order chi connectivity index (χ1) is 6.70. The molecule has 1 aromatic rings. The van der Waals surface area contributed by atoms with Gasteiger partial charge in [-0.1, -0.05) is 12.1 Å². The van der Waals surface area contributed by atoms with Gasteiger partial charge in [0.2, 0.25) is 5.91 Å². The maximum absolute atomic E-state index is 11.1. The molecule has 0 aromatic heterocycles. The van der Waals surface area contributed by atoms with Gasteiger partial charge in [0.15, 0.2) is 0 Å². The summed E-state index contributed by atoms with van der Waals surface area (Å²) in [4.78, 5) is 11.1. The van der Waals surface area contributed by atoms with Crippen molar-refractivity contribution in [1.29, 1.82) is 0 Å². The third-order valence-corrected chi connectivity index (χ3v) is 2.39. The van der Waals surface area contributed by atoms with Gasteiger partial charge in [-0.25, -0.2) is 0 Å². The highest BCUT2D eigenvalue weighted by molar-refractivity contribution is 5.94. The first-order valence-electron chi connectivity index (χ1n) is 4.45. The summed E-state index contributed by atoms with van der Waals surface area (Å²) in [6.07, 6.45) is 0. The molecule has 1 unspecified atom stereocenters. The quantitative estimate of drug-likeness (QED) is 0.672. The summed E-state index contributed by atoms with van der Waals surface area (Å²) in [5.74, 6) is -0.431. The zero-order valence-electron chi connectivity index (χ0n) is 7.69. The number of carbonyl (C=O) groups excluding carboxylic acids is 1. The number of primary amides is 1. The van der Waals surface area contributed by atoms with Gasteiger partial charge in [-0.2, -0.15) is 0 Å².